The lowest BCUT2D eigenvalue weighted by Crippen LogP contribution is -2.46. The number of Topliss-reactive ketones (excluding diaryl/α,β-unsaturated/α-hetero) is 1. The number of amides is 2. The molecule has 1 saturated carbocycles. The molecule has 2 aliphatic carbocycles. The van der Waals surface area contributed by atoms with E-state index in [1.165, 1.54) is 11.8 Å². The van der Waals surface area contributed by atoms with Crippen LogP contribution in [0.5, 0.6) is 5.75 Å². The fourth-order valence-electron chi connectivity index (χ4n) is 5.14. The van der Waals surface area contributed by atoms with Crippen LogP contribution < -0.4 is 10.1 Å². The number of anilines is 1. The maximum Gasteiger partial charge on any atom is 0.573 e. The zero-order valence-electron chi connectivity index (χ0n) is 22.1. The van der Waals surface area contributed by atoms with Gasteiger partial charge in [0.2, 0.25) is 11.8 Å². The molecule has 0 aromatic heterocycles. The van der Waals surface area contributed by atoms with Crippen LogP contribution in [0.15, 0.2) is 35.3 Å². The fraction of sp³-hybridized carbons (Fsp3) is 0.481. The number of alkyl halides is 3. The lowest BCUT2D eigenvalue weighted by molar-refractivity contribution is -0.275. The molecule has 6 unspecified atom stereocenters. The van der Waals surface area contributed by atoms with E-state index in [0.29, 0.717) is 18.6 Å². The molecular formula is C27H27F4N5O5. The van der Waals surface area contributed by atoms with Gasteiger partial charge in [-0.05, 0) is 50.3 Å². The number of likely N-dealkylation sites (tertiary alicyclic amines) is 1. The average Bonchev–Trinajstić information content (AvgIpc) is 3.57. The Morgan fingerprint density at radius 2 is 2.00 bits per heavy atom. The highest BCUT2D eigenvalue weighted by Gasteiger charge is 2.56. The Hall–Kier alpha value is -4.12. The van der Waals surface area contributed by atoms with Crippen LogP contribution in [0, 0.1) is 34.4 Å². The molecule has 3 aliphatic rings. The number of carbonyl (C=O) groups is 3. The van der Waals surface area contributed by atoms with Gasteiger partial charge in [0.25, 0.3) is 0 Å². The van der Waals surface area contributed by atoms with E-state index in [9.17, 15) is 31.9 Å². The predicted molar refractivity (Wildman–Crippen MR) is 137 cm³/mol. The van der Waals surface area contributed by atoms with Crippen LogP contribution in [0.25, 0.3) is 0 Å². The Bertz CT molecular complexity index is 1350. The molecule has 1 aromatic rings. The number of nitrogens with zero attached hydrogens (tertiary/aromatic N) is 3. The van der Waals surface area contributed by atoms with Gasteiger partial charge in [0, 0.05) is 24.6 Å². The van der Waals surface area contributed by atoms with Gasteiger partial charge in [-0.1, -0.05) is 12.1 Å². The van der Waals surface area contributed by atoms with Crippen molar-refractivity contribution < 1.29 is 41.4 Å². The van der Waals surface area contributed by atoms with Crippen molar-refractivity contribution >= 4 is 34.7 Å². The second-order valence-corrected chi connectivity index (χ2v) is 10.1. The standard InChI is InChI=1S/C27H27F4N5O5/c1-13(11-32)40-16-6-7-18(17(10-16)25(33)14(2)37)34-12-23(38)36-20-8-15(20)9-21(36)26(39)35-19-4-3-5-22(24(19)28)41-27(29,30)31/h3-7,13,15-17,20-21,33H,8-10,12H2,1-2H3,(H,35,39). The summed E-state index contributed by atoms with van der Waals surface area (Å²) in [7, 11) is 0. The summed E-state index contributed by atoms with van der Waals surface area (Å²) >= 11 is 0. The number of ether oxygens (including phenoxy) is 2. The Kier molecular flexibility index (Phi) is 8.58. The summed E-state index contributed by atoms with van der Waals surface area (Å²) < 4.78 is 61.5. The van der Waals surface area contributed by atoms with Crippen LogP contribution in [-0.4, -0.2) is 71.1 Å². The number of nitriles is 1. The van der Waals surface area contributed by atoms with Crippen molar-refractivity contribution in [3.8, 4) is 11.8 Å². The zero-order valence-corrected chi connectivity index (χ0v) is 22.1. The second kappa shape index (κ2) is 11.8. The van der Waals surface area contributed by atoms with E-state index in [4.69, 9.17) is 15.4 Å². The number of benzene rings is 1. The van der Waals surface area contributed by atoms with E-state index in [2.05, 4.69) is 15.0 Å². The number of nitrogens with one attached hydrogen (secondary N) is 2. The Balaban J connectivity index is 1.48. The molecule has 0 spiro atoms. The summed E-state index contributed by atoms with van der Waals surface area (Å²) in [6.45, 7) is 2.42. The van der Waals surface area contributed by atoms with Crippen LogP contribution in [0.2, 0.25) is 0 Å². The summed E-state index contributed by atoms with van der Waals surface area (Å²) in [5.74, 6) is -4.96. The highest BCUT2D eigenvalue weighted by Crippen LogP contribution is 2.48. The molecule has 2 fully saturated rings. The number of piperidine rings is 1. The van der Waals surface area contributed by atoms with Crippen LogP contribution >= 0.6 is 0 Å². The summed E-state index contributed by atoms with van der Waals surface area (Å²) in [4.78, 5) is 43.9. The molecule has 2 amide bonds. The van der Waals surface area contributed by atoms with Gasteiger partial charge < -0.3 is 25.1 Å². The third-order valence-corrected chi connectivity index (χ3v) is 7.13. The van der Waals surface area contributed by atoms with Gasteiger partial charge in [0.15, 0.2) is 17.3 Å². The van der Waals surface area contributed by atoms with Crippen molar-refractivity contribution in [3.05, 3.63) is 36.2 Å². The van der Waals surface area contributed by atoms with Crippen LogP contribution in [-0.2, 0) is 19.1 Å². The van der Waals surface area contributed by atoms with Gasteiger partial charge in [0.1, 0.15) is 18.7 Å². The van der Waals surface area contributed by atoms with Crippen LogP contribution in [0.4, 0.5) is 23.2 Å². The molecule has 0 bridgehead atoms. The number of halogens is 4. The predicted octanol–water partition coefficient (Wildman–Crippen LogP) is 3.58. The first-order chi connectivity index (χ1) is 19.3. The Morgan fingerprint density at radius 1 is 1.27 bits per heavy atom. The van der Waals surface area contributed by atoms with E-state index in [1.807, 2.05) is 6.07 Å². The van der Waals surface area contributed by atoms with Crippen molar-refractivity contribution in [2.75, 3.05) is 11.9 Å². The van der Waals surface area contributed by atoms with Crippen molar-refractivity contribution in [1.29, 1.82) is 10.7 Å². The maximum absolute atomic E-state index is 14.6. The first kappa shape index (κ1) is 29.9. The maximum atomic E-state index is 14.6. The molecular weight excluding hydrogens is 550 g/mol. The first-order valence-corrected chi connectivity index (χ1v) is 12.8. The van der Waals surface area contributed by atoms with Gasteiger partial charge in [-0.3, -0.25) is 19.4 Å². The third-order valence-electron chi connectivity index (χ3n) is 7.13. The summed E-state index contributed by atoms with van der Waals surface area (Å²) in [6, 6.07) is 3.69. The molecule has 41 heavy (non-hydrogen) atoms. The van der Waals surface area contributed by atoms with Crippen molar-refractivity contribution in [2.45, 2.75) is 63.8 Å². The Morgan fingerprint density at radius 3 is 2.66 bits per heavy atom. The molecule has 10 nitrogen and oxygen atoms in total. The van der Waals surface area contributed by atoms with Gasteiger partial charge in [0.05, 0.1) is 23.6 Å². The van der Waals surface area contributed by atoms with E-state index in [1.54, 1.807) is 19.1 Å². The molecule has 4 rings (SSSR count). The molecule has 14 heteroatoms. The lowest BCUT2D eigenvalue weighted by Gasteiger charge is -2.28. The smallest absolute Gasteiger partial charge is 0.403 e. The third kappa shape index (κ3) is 6.97. The number of allylic oxidation sites excluding steroid dienone is 1. The molecule has 0 radical (unpaired) electrons. The van der Waals surface area contributed by atoms with Gasteiger partial charge in [-0.25, -0.2) is 4.39 Å². The summed E-state index contributed by atoms with van der Waals surface area (Å²) in [5.41, 5.74) is -0.442. The van der Waals surface area contributed by atoms with Crippen molar-refractivity contribution in [2.24, 2.45) is 16.8 Å². The van der Waals surface area contributed by atoms with Gasteiger partial charge >= 0.3 is 6.36 Å². The molecule has 218 valence electrons. The van der Waals surface area contributed by atoms with Gasteiger partial charge in [-0.2, -0.15) is 5.26 Å². The van der Waals surface area contributed by atoms with Crippen molar-refractivity contribution in [1.82, 2.24) is 4.90 Å². The number of rotatable bonds is 9. The number of hydrogen-bond donors (Lipinski definition) is 2. The average molecular weight is 578 g/mol. The molecule has 1 aromatic carbocycles. The zero-order chi connectivity index (χ0) is 30.1. The van der Waals surface area contributed by atoms with Crippen molar-refractivity contribution in [3.63, 3.8) is 0 Å². The number of ketones is 1. The number of fused-ring (bicyclic) bond motifs is 1. The van der Waals surface area contributed by atoms with E-state index in [-0.39, 0.29) is 24.1 Å². The molecule has 1 aliphatic heterocycles. The minimum atomic E-state index is -5.13. The normalized spacial score (nSPS) is 26.6. The second-order valence-electron chi connectivity index (χ2n) is 10.1. The van der Waals surface area contributed by atoms with E-state index in [0.717, 1.165) is 18.2 Å². The highest BCUT2D eigenvalue weighted by molar-refractivity contribution is 6.43. The first-order valence-electron chi connectivity index (χ1n) is 12.8. The molecule has 1 saturated heterocycles. The number of hydrogen-bond acceptors (Lipinski definition) is 8. The highest BCUT2D eigenvalue weighted by atomic mass is 19.4. The van der Waals surface area contributed by atoms with Gasteiger partial charge in [-0.15, -0.1) is 13.2 Å². The largest absolute Gasteiger partial charge is 0.573 e. The Labute approximate surface area is 232 Å². The molecule has 2 N–H and O–H groups in total. The van der Waals surface area contributed by atoms with E-state index < -0.39 is 71.9 Å². The summed E-state index contributed by atoms with van der Waals surface area (Å²) in [5, 5.41) is 19.5. The quantitative estimate of drug-likeness (QED) is 0.339. The summed E-state index contributed by atoms with van der Waals surface area (Å²) in [6.07, 6.45) is -2.06. The lowest BCUT2D eigenvalue weighted by atomic mass is 9.85. The molecule has 1 heterocycles. The fourth-order valence-corrected chi connectivity index (χ4v) is 5.14. The topological polar surface area (TPSA) is 145 Å². The number of aliphatic imine (C=N–C) groups is 1. The monoisotopic (exact) mass is 577 g/mol. The van der Waals surface area contributed by atoms with E-state index >= 15 is 0 Å². The minimum Gasteiger partial charge on any atom is -0.403 e. The van der Waals surface area contributed by atoms with Crippen LogP contribution in [0.1, 0.15) is 33.1 Å². The SMILES string of the molecule is CC(=O)C(=N)C1CC(OC(C)C#N)C=CC1=NCC(=O)N1C(C(=O)Nc2cccc(OC(F)(F)F)c2F)CC2CC21. The van der Waals surface area contributed by atoms with Crippen LogP contribution in [0.3, 0.4) is 0 Å². The minimum absolute atomic E-state index is 0.0559. The number of carbonyl (C=O) groups excluding carboxylic acids is 3. The molecule has 6 atom stereocenters.